The number of aryl methyl sites for hydroxylation is 1. The zero-order chi connectivity index (χ0) is 31.9. The van der Waals surface area contributed by atoms with E-state index in [0.29, 0.717) is 43.6 Å². The van der Waals surface area contributed by atoms with Gasteiger partial charge in [0, 0.05) is 38.5 Å². The summed E-state index contributed by atoms with van der Waals surface area (Å²) in [5.41, 5.74) is -3.66. The fourth-order valence-electron chi connectivity index (χ4n) is 6.29. The Morgan fingerprint density at radius 3 is 2.14 bits per heavy atom. The van der Waals surface area contributed by atoms with Crippen LogP contribution in [0.4, 0.5) is 30.7 Å². The lowest BCUT2D eigenvalue weighted by Gasteiger charge is -2.47. The van der Waals surface area contributed by atoms with Gasteiger partial charge in [-0.1, -0.05) is 13.0 Å². The number of hydrogen-bond donors (Lipinski definition) is 1. The summed E-state index contributed by atoms with van der Waals surface area (Å²) in [4.78, 5) is 30.1. The predicted octanol–water partition coefficient (Wildman–Crippen LogP) is 6.78. The molecule has 236 valence electrons. The zero-order valence-electron chi connectivity index (χ0n) is 24.5. The summed E-state index contributed by atoms with van der Waals surface area (Å²) < 4.78 is 95.8. The molecule has 2 aromatic rings. The van der Waals surface area contributed by atoms with Crippen molar-refractivity contribution in [1.29, 1.82) is 0 Å². The van der Waals surface area contributed by atoms with Crippen molar-refractivity contribution in [2.75, 3.05) is 20.1 Å². The third kappa shape index (κ3) is 6.84. The van der Waals surface area contributed by atoms with Crippen molar-refractivity contribution >= 4 is 11.8 Å². The fraction of sp³-hybridized carbons (Fsp3) is 0.548. The van der Waals surface area contributed by atoms with Crippen molar-refractivity contribution in [2.45, 2.75) is 88.8 Å². The summed E-state index contributed by atoms with van der Waals surface area (Å²) in [5.74, 6) is -1.48. The van der Waals surface area contributed by atoms with E-state index in [-0.39, 0.29) is 36.0 Å². The van der Waals surface area contributed by atoms with Crippen LogP contribution in [-0.4, -0.2) is 54.0 Å². The normalized spacial score (nSPS) is 23.7. The SMILES string of the molecule is CC[C@](C)(C(=O)N[C@H]1CCN([C@@H]2CCCC(=O)N2C)C[C@@H]1c1ccc(F)cc1C)c1cc(C(F)(F)F)cc(C(F)(F)F)c1. The third-order valence-corrected chi connectivity index (χ3v) is 9.14. The first-order valence-corrected chi connectivity index (χ1v) is 14.3. The van der Waals surface area contributed by atoms with Gasteiger partial charge in [0.05, 0.1) is 22.7 Å². The highest BCUT2D eigenvalue weighted by Gasteiger charge is 2.44. The molecule has 2 amide bonds. The number of halogens is 7. The highest BCUT2D eigenvalue weighted by atomic mass is 19.4. The van der Waals surface area contributed by atoms with Crippen molar-refractivity contribution < 1.29 is 40.3 Å². The maximum Gasteiger partial charge on any atom is 0.416 e. The van der Waals surface area contributed by atoms with Crippen LogP contribution in [-0.2, 0) is 27.4 Å². The Hall–Kier alpha value is -3.15. The largest absolute Gasteiger partial charge is 0.416 e. The van der Waals surface area contributed by atoms with Crippen molar-refractivity contribution in [3.05, 3.63) is 70.0 Å². The molecular formula is C31H36F7N3O2. The van der Waals surface area contributed by atoms with Crippen molar-refractivity contribution in [3.63, 3.8) is 0 Å². The van der Waals surface area contributed by atoms with E-state index in [1.807, 2.05) is 0 Å². The maximum absolute atomic E-state index is 14.0. The van der Waals surface area contributed by atoms with Crippen LogP contribution in [0.3, 0.4) is 0 Å². The van der Waals surface area contributed by atoms with Gasteiger partial charge in [-0.2, -0.15) is 26.3 Å². The van der Waals surface area contributed by atoms with Gasteiger partial charge in [0.1, 0.15) is 5.82 Å². The Morgan fingerprint density at radius 2 is 1.58 bits per heavy atom. The number of nitrogens with one attached hydrogen (secondary N) is 1. The summed E-state index contributed by atoms with van der Waals surface area (Å²) >= 11 is 0. The van der Waals surface area contributed by atoms with E-state index in [4.69, 9.17) is 0 Å². The number of amides is 2. The molecule has 0 aliphatic carbocycles. The lowest BCUT2D eigenvalue weighted by Crippen LogP contribution is -2.59. The number of benzene rings is 2. The molecule has 2 aliphatic heterocycles. The molecule has 4 atom stereocenters. The number of likely N-dealkylation sites (tertiary alicyclic amines) is 2. The highest BCUT2D eigenvalue weighted by molar-refractivity contribution is 5.88. The first-order chi connectivity index (χ1) is 20.0. The van der Waals surface area contributed by atoms with E-state index in [9.17, 15) is 40.3 Å². The van der Waals surface area contributed by atoms with E-state index in [1.54, 1.807) is 24.9 Å². The molecule has 0 bridgehead atoms. The molecule has 0 spiro atoms. The van der Waals surface area contributed by atoms with E-state index >= 15 is 0 Å². The number of hydrogen-bond acceptors (Lipinski definition) is 3. The molecule has 0 radical (unpaired) electrons. The standard InChI is InChI=1S/C31H36F7N3O2/c1-5-29(3,19-14-20(30(33,34)35)16-21(15-19)31(36,37)38)28(43)39-25-11-12-41(26-7-6-8-27(42)40(26)4)17-24(25)23-10-9-22(32)13-18(23)2/h9-10,13-16,24-26H,5-8,11-12,17H2,1-4H3,(H,39,43)/t24-,25+,26-,29+/m1/s1. The van der Waals surface area contributed by atoms with Crippen molar-refractivity contribution in [3.8, 4) is 0 Å². The minimum atomic E-state index is -5.05. The van der Waals surface area contributed by atoms with Gasteiger partial charge in [-0.15, -0.1) is 0 Å². The lowest BCUT2D eigenvalue weighted by atomic mass is 9.76. The second kappa shape index (κ2) is 12.1. The quantitative estimate of drug-likeness (QED) is 0.365. The topological polar surface area (TPSA) is 52.7 Å². The second-order valence-electron chi connectivity index (χ2n) is 11.8. The maximum atomic E-state index is 14.0. The summed E-state index contributed by atoms with van der Waals surface area (Å²) in [6.45, 7) is 5.52. The number of alkyl halides is 6. The van der Waals surface area contributed by atoms with Gasteiger partial charge in [0.25, 0.3) is 0 Å². The van der Waals surface area contributed by atoms with Gasteiger partial charge >= 0.3 is 12.4 Å². The van der Waals surface area contributed by atoms with E-state index in [1.165, 1.54) is 26.0 Å². The summed E-state index contributed by atoms with van der Waals surface area (Å²) in [6.07, 6.45) is -7.96. The number of piperidine rings is 2. The van der Waals surface area contributed by atoms with Crippen LogP contribution in [0, 0.1) is 12.7 Å². The summed E-state index contributed by atoms with van der Waals surface area (Å²) in [5, 5.41) is 2.96. The van der Waals surface area contributed by atoms with Gasteiger partial charge in [0.2, 0.25) is 11.8 Å². The number of carbonyl (C=O) groups excluding carboxylic acids is 2. The smallest absolute Gasteiger partial charge is 0.352 e. The van der Waals surface area contributed by atoms with E-state index in [2.05, 4.69) is 10.2 Å². The second-order valence-corrected chi connectivity index (χ2v) is 11.8. The lowest BCUT2D eigenvalue weighted by molar-refractivity contribution is -0.144. The molecule has 2 saturated heterocycles. The Kier molecular flexibility index (Phi) is 9.21. The third-order valence-electron chi connectivity index (χ3n) is 9.14. The molecule has 1 N–H and O–H groups in total. The Morgan fingerprint density at radius 1 is 0.977 bits per heavy atom. The molecule has 12 heteroatoms. The highest BCUT2D eigenvalue weighted by Crippen LogP contribution is 2.41. The zero-order valence-corrected chi connectivity index (χ0v) is 24.5. The van der Waals surface area contributed by atoms with Crippen LogP contribution in [0.25, 0.3) is 0 Å². The fourth-order valence-corrected chi connectivity index (χ4v) is 6.29. The van der Waals surface area contributed by atoms with Crippen molar-refractivity contribution in [1.82, 2.24) is 15.1 Å². The Bertz CT molecular complexity index is 1330. The molecule has 2 heterocycles. The average Bonchev–Trinajstić information content (AvgIpc) is 2.93. The van der Waals surface area contributed by atoms with Gasteiger partial charge in [-0.05, 0) is 86.6 Å². The molecule has 4 rings (SSSR count). The van der Waals surface area contributed by atoms with Crippen LogP contribution in [0.2, 0.25) is 0 Å². The molecule has 5 nitrogen and oxygen atoms in total. The molecule has 0 aromatic heterocycles. The molecule has 0 unspecified atom stereocenters. The summed E-state index contributed by atoms with van der Waals surface area (Å²) in [6, 6.07) is 5.05. The Labute approximate surface area is 246 Å². The first-order valence-electron chi connectivity index (χ1n) is 14.3. The molecule has 2 aromatic carbocycles. The van der Waals surface area contributed by atoms with Crippen LogP contribution in [0.15, 0.2) is 36.4 Å². The molecular weight excluding hydrogens is 579 g/mol. The van der Waals surface area contributed by atoms with Gasteiger partial charge in [-0.25, -0.2) is 4.39 Å². The van der Waals surface area contributed by atoms with Crippen LogP contribution in [0.1, 0.15) is 79.7 Å². The molecule has 2 aliphatic rings. The Balaban J connectivity index is 1.69. The van der Waals surface area contributed by atoms with Crippen LogP contribution in [0.5, 0.6) is 0 Å². The molecule has 2 fully saturated rings. The first kappa shape index (κ1) is 32.8. The van der Waals surface area contributed by atoms with E-state index in [0.717, 1.165) is 18.4 Å². The van der Waals surface area contributed by atoms with Crippen molar-refractivity contribution in [2.24, 2.45) is 0 Å². The predicted molar refractivity (Wildman–Crippen MR) is 146 cm³/mol. The minimum Gasteiger partial charge on any atom is -0.352 e. The summed E-state index contributed by atoms with van der Waals surface area (Å²) in [7, 11) is 1.75. The van der Waals surface area contributed by atoms with Gasteiger partial charge in [-0.3, -0.25) is 14.5 Å². The van der Waals surface area contributed by atoms with Crippen LogP contribution >= 0.6 is 0 Å². The van der Waals surface area contributed by atoms with Crippen LogP contribution < -0.4 is 5.32 Å². The minimum absolute atomic E-state index is 0.0271. The number of rotatable bonds is 6. The molecule has 43 heavy (non-hydrogen) atoms. The number of carbonyl (C=O) groups is 2. The monoisotopic (exact) mass is 615 g/mol. The average molecular weight is 616 g/mol. The van der Waals surface area contributed by atoms with E-state index < -0.39 is 46.7 Å². The van der Waals surface area contributed by atoms with Gasteiger partial charge in [0.15, 0.2) is 0 Å². The number of nitrogens with zero attached hydrogens (tertiary/aromatic N) is 2. The molecule has 0 saturated carbocycles. The van der Waals surface area contributed by atoms with Gasteiger partial charge < -0.3 is 10.2 Å².